The molecule has 1 aliphatic rings. The molecule has 1 saturated heterocycles. The van der Waals surface area contributed by atoms with E-state index in [9.17, 15) is 9.59 Å². The average Bonchev–Trinajstić information content (AvgIpc) is 2.39. The first kappa shape index (κ1) is 11.5. The number of carbonyl (C=O) groups is 2. The van der Waals surface area contributed by atoms with Gasteiger partial charge in [0.2, 0.25) is 5.91 Å². The van der Waals surface area contributed by atoms with Gasteiger partial charge in [-0.25, -0.2) is 0 Å². The van der Waals surface area contributed by atoms with Crippen LogP contribution in [0.4, 0.5) is 0 Å². The molecule has 0 aromatic carbocycles. The van der Waals surface area contributed by atoms with Crippen LogP contribution in [0.25, 0.3) is 0 Å². The van der Waals surface area contributed by atoms with Crippen LogP contribution in [0.3, 0.4) is 0 Å². The smallest absolute Gasteiger partial charge is 0.254 e. The van der Waals surface area contributed by atoms with Crippen LogP contribution >= 0.6 is 0 Å². The van der Waals surface area contributed by atoms with E-state index in [0.29, 0.717) is 25.2 Å². The topological polar surface area (TPSA) is 88.3 Å². The number of aromatic nitrogens is 1. The third-order valence-corrected chi connectivity index (χ3v) is 2.76. The number of primary amides is 1. The Labute approximate surface area is 98.8 Å². The molecule has 2 rings (SSSR count). The van der Waals surface area contributed by atoms with E-state index in [1.807, 2.05) is 0 Å². The van der Waals surface area contributed by atoms with Crippen molar-refractivity contribution < 1.29 is 9.59 Å². The van der Waals surface area contributed by atoms with Gasteiger partial charge in [-0.05, 0) is 12.1 Å². The fourth-order valence-corrected chi connectivity index (χ4v) is 1.86. The molecule has 2 amide bonds. The second kappa shape index (κ2) is 4.92. The number of nitrogens with one attached hydrogen (secondary N) is 1. The van der Waals surface area contributed by atoms with E-state index in [1.54, 1.807) is 24.5 Å². The molecule has 1 aliphatic heterocycles. The number of pyridine rings is 1. The Morgan fingerprint density at radius 3 is 2.76 bits per heavy atom. The van der Waals surface area contributed by atoms with Crippen molar-refractivity contribution in [3.8, 4) is 0 Å². The number of hydrogen-bond donors (Lipinski definition) is 2. The van der Waals surface area contributed by atoms with Gasteiger partial charge < -0.3 is 16.0 Å². The van der Waals surface area contributed by atoms with E-state index < -0.39 is 11.9 Å². The van der Waals surface area contributed by atoms with Crippen LogP contribution < -0.4 is 11.1 Å². The molecule has 1 fully saturated rings. The molecule has 0 spiro atoms. The minimum absolute atomic E-state index is 0.183. The summed E-state index contributed by atoms with van der Waals surface area (Å²) in [5.74, 6) is -0.669. The van der Waals surface area contributed by atoms with Crippen molar-refractivity contribution in [1.29, 1.82) is 0 Å². The number of carbonyl (C=O) groups excluding carboxylic acids is 2. The minimum Gasteiger partial charge on any atom is -0.368 e. The molecule has 1 unspecified atom stereocenters. The first-order valence-electron chi connectivity index (χ1n) is 5.41. The number of piperazine rings is 1. The molecule has 0 saturated carbocycles. The molecule has 1 atom stereocenters. The summed E-state index contributed by atoms with van der Waals surface area (Å²) in [5.41, 5.74) is 5.81. The molecular weight excluding hydrogens is 220 g/mol. The van der Waals surface area contributed by atoms with E-state index in [4.69, 9.17) is 5.73 Å². The van der Waals surface area contributed by atoms with Crippen molar-refractivity contribution in [2.45, 2.75) is 6.04 Å². The van der Waals surface area contributed by atoms with Crippen LogP contribution in [-0.2, 0) is 4.79 Å². The minimum atomic E-state index is -0.579. The zero-order valence-corrected chi connectivity index (χ0v) is 9.30. The van der Waals surface area contributed by atoms with Crippen molar-refractivity contribution in [2.75, 3.05) is 19.6 Å². The Hall–Kier alpha value is -1.95. The summed E-state index contributed by atoms with van der Waals surface area (Å²) in [6, 6.07) is 2.68. The van der Waals surface area contributed by atoms with Crippen LogP contribution in [0.1, 0.15) is 10.4 Å². The average molecular weight is 234 g/mol. The molecule has 2 heterocycles. The second-order valence-electron chi connectivity index (χ2n) is 3.86. The fourth-order valence-electron chi connectivity index (χ4n) is 1.86. The number of rotatable bonds is 2. The lowest BCUT2D eigenvalue weighted by atomic mass is 10.1. The first-order valence-corrected chi connectivity index (χ1v) is 5.41. The second-order valence-corrected chi connectivity index (χ2v) is 3.86. The van der Waals surface area contributed by atoms with Gasteiger partial charge in [-0.2, -0.15) is 0 Å². The normalized spacial score (nSPS) is 20.0. The van der Waals surface area contributed by atoms with Gasteiger partial charge in [-0.3, -0.25) is 14.6 Å². The van der Waals surface area contributed by atoms with E-state index in [2.05, 4.69) is 10.3 Å². The number of hydrogen-bond acceptors (Lipinski definition) is 4. The van der Waals surface area contributed by atoms with Crippen molar-refractivity contribution >= 4 is 11.8 Å². The number of amides is 2. The van der Waals surface area contributed by atoms with Crippen LogP contribution in [0.15, 0.2) is 24.5 Å². The van der Waals surface area contributed by atoms with Crippen LogP contribution in [0.2, 0.25) is 0 Å². The van der Waals surface area contributed by atoms with E-state index in [0.717, 1.165) is 0 Å². The van der Waals surface area contributed by atoms with Gasteiger partial charge in [0.25, 0.3) is 5.91 Å². The van der Waals surface area contributed by atoms with Crippen LogP contribution in [0, 0.1) is 0 Å². The highest BCUT2D eigenvalue weighted by atomic mass is 16.2. The largest absolute Gasteiger partial charge is 0.368 e. The third-order valence-electron chi connectivity index (χ3n) is 2.76. The highest BCUT2D eigenvalue weighted by molar-refractivity contribution is 5.97. The highest BCUT2D eigenvalue weighted by Gasteiger charge is 2.30. The Morgan fingerprint density at radius 2 is 2.12 bits per heavy atom. The number of nitrogens with zero attached hydrogens (tertiary/aromatic N) is 2. The lowest BCUT2D eigenvalue weighted by Crippen LogP contribution is -2.58. The molecule has 90 valence electrons. The Balaban J connectivity index is 2.20. The lowest BCUT2D eigenvalue weighted by molar-refractivity contribution is -0.122. The maximum absolute atomic E-state index is 12.2. The van der Waals surface area contributed by atoms with Gasteiger partial charge in [-0.15, -0.1) is 0 Å². The maximum atomic E-state index is 12.2. The van der Waals surface area contributed by atoms with Gasteiger partial charge in [-0.1, -0.05) is 0 Å². The molecule has 17 heavy (non-hydrogen) atoms. The summed E-state index contributed by atoms with van der Waals surface area (Å²) in [7, 11) is 0. The van der Waals surface area contributed by atoms with E-state index in [-0.39, 0.29) is 5.91 Å². The van der Waals surface area contributed by atoms with Crippen molar-refractivity contribution in [3.05, 3.63) is 30.1 Å². The van der Waals surface area contributed by atoms with Crippen molar-refractivity contribution in [3.63, 3.8) is 0 Å². The molecule has 6 heteroatoms. The Bertz CT molecular complexity index is 421. The first-order chi connectivity index (χ1) is 8.20. The summed E-state index contributed by atoms with van der Waals surface area (Å²) in [5, 5.41) is 3.05. The Kier molecular flexibility index (Phi) is 3.34. The zero-order valence-electron chi connectivity index (χ0n) is 9.30. The van der Waals surface area contributed by atoms with Crippen molar-refractivity contribution in [1.82, 2.24) is 15.2 Å². The Morgan fingerprint density at radius 1 is 1.41 bits per heavy atom. The molecule has 1 aromatic heterocycles. The van der Waals surface area contributed by atoms with Gasteiger partial charge in [0, 0.05) is 37.6 Å². The molecular formula is C11H14N4O2. The van der Waals surface area contributed by atoms with E-state index in [1.165, 1.54) is 4.90 Å². The summed E-state index contributed by atoms with van der Waals surface area (Å²) >= 11 is 0. The van der Waals surface area contributed by atoms with Gasteiger partial charge in [0.15, 0.2) is 0 Å². The molecule has 0 radical (unpaired) electrons. The zero-order chi connectivity index (χ0) is 12.3. The summed E-state index contributed by atoms with van der Waals surface area (Å²) in [6.07, 6.45) is 3.10. The fraction of sp³-hybridized carbons (Fsp3) is 0.364. The maximum Gasteiger partial charge on any atom is 0.254 e. The molecule has 0 bridgehead atoms. The SMILES string of the molecule is NC(=O)C1CNCCN1C(=O)c1ccncc1. The van der Waals surface area contributed by atoms with Gasteiger partial charge in [0.05, 0.1) is 0 Å². The van der Waals surface area contributed by atoms with Crippen molar-refractivity contribution in [2.24, 2.45) is 5.73 Å². The van der Waals surface area contributed by atoms with E-state index >= 15 is 0 Å². The standard InChI is InChI=1S/C11H14N4O2/c12-10(16)9-7-14-5-6-15(9)11(17)8-1-3-13-4-2-8/h1-4,9,14H,5-7H2,(H2,12,16). The monoisotopic (exact) mass is 234 g/mol. The quantitative estimate of drug-likeness (QED) is 0.685. The predicted molar refractivity (Wildman–Crippen MR) is 61.1 cm³/mol. The van der Waals surface area contributed by atoms with Crippen LogP contribution in [-0.4, -0.2) is 47.4 Å². The summed E-state index contributed by atoms with van der Waals surface area (Å²) in [4.78, 5) is 28.8. The molecule has 6 nitrogen and oxygen atoms in total. The molecule has 1 aromatic rings. The van der Waals surface area contributed by atoms with Gasteiger partial charge >= 0.3 is 0 Å². The third kappa shape index (κ3) is 2.42. The summed E-state index contributed by atoms with van der Waals surface area (Å²) < 4.78 is 0. The lowest BCUT2D eigenvalue weighted by Gasteiger charge is -2.34. The van der Waals surface area contributed by atoms with Gasteiger partial charge in [0.1, 0.15) is 6.04 Å². The highest BCUT2D eigenvalue weighted by Crippen LogP contribution is 2.09. The predicted octanol–water partition coefficient (Wildman–Crippen LogP) is -1.02. The molecule has 3 N–H and O–H groups in total. The summed E-state index contributed by atoms with van der Waals surface area (Å²) in [6.45, 7) is 1.56. The number of nitrogens with two attached hydrogens (primary N) is 1. The van der Waals surface area contributed by atoms with Crippen LogP contribution in [0.5, 0.6) is 0 Å². The molecule has 0 aliphatic carbocycles.